The average molecular weight is 526 g/mol. The first-order valence-electron chi connectivity index (χ1n) is 12.6. The third kappa shape index (κ3) is 7.59. The topological polar surface area (TPSA) is 49.4 Å². The molecule has 0 bridgehead atoms. The van der Waals surface area contributed by atoms with Crippen molar-refractivity contribution in [3.05, 3.63) is 106 Å². The highest BCUT2D eigenvalue weighted by Crippen LogP contribution is 2.30. The normalized spacial score (nSPS) is 11.8. The van der Waals surface area contributed by atoms with Crippen molar-refractivity contribution in [2.24, 2.45) is 0 Å². The van der Waals surface area contributed by atoms with Crippen LogP contribution in [0.15, 0.2) is 78.9 Å². The molecule has 3 aromatic carbocycles. The van der Waals surface area contributed by atoms with Crippen LogP contribution in [0.4, 0.5) is 0 Å². The lowest BCUT2D eigenvalue weighted by Crippen LogP contribution is -2.49. The number of carbonyl (C=O) groups is 2. The second-order valence-corrected chi connectivity index (χ2v) is 9.75. The second-order valence-electron chi connectivity index (χ2n) is 8.90. The third-order valence-electron chi connectivity index (χ3n) is 6.35. The van der Waals surface area contributed by atoms with Crippen molar-refractivity contribution in [3.8, 4) is 0 Å². The molecule has 0 aliphatic heterocycles. The Balaban J connectivity index is 1.95. The Kier molecular flexibility index (Phi) is 10.8. The summed E-state index contributed by atoms with van der Waals surface area (Å²) < 4.78 is 0. The Hall–Kier alpha value is -2.82. The second kappa shape index (κ2) is 14.1. The quantitative estimate of drug-likeness (QED) is 0.254. The number of rotatable bonds is 12. The lowest BCUT2D eigenvalue weighted by atomic mass is 9.88. The van der Waals surface area contributed by atoms with Crippen molar-refractivity contribution in [2.45, 2.75) is 58.0 Å². The van der Waals surface area contributed by atoms with Gasteiger partial charge in [-0.15, -0.1) is 0 Å². The van der Waals surface area contributed by atoms with Gasteiger partial charge in [-0.05, 0) is 41.7 Å². The summed E-state index contributed by atoms with van der Waals surface area (Å²) >= 11 is 12.6. The average Bonchev–Trinajstić information content (AvgIpc) is 2.89. The van der Waals surface area contributed by atoms with Gasteiger partial charge >= 0.3 is 0 Å². The molecule has 6 heteroatoms. The van der Waals surface area contributed by atoms with Gasteiger partial charge in [-0.1, -0.05) is 110 Å². The SMILES string of the molecule is CCCCNC(=O)C(CC)N(Cc1ccc(Cl)cc1Cl)C(=O)CC(c1ccccc1)c1ccccc1. The molecule has 1 atom stereocenters. The van der Waals surface area contributed by atoms with E-state index in [1.165, 1.54) is 0 Å². The van der Waals surface area contributed by atoms with E-state index in [2.05, 4.69) is 12.2 Å². The fraction of sp³-hybridized carbons (Fsp3) is 0.333. The molecule has 36 heavy (non-hydrogen) atoms. The van der Waals surface area contributed by atoms with Gasteiger partial charge in [0.1, 0.15) is 6.04 Å². The van der Waals surface area contributed by atoms with Crippen molar-refractivity contribution in [3.63, 3.8) is 0 Å². The standard InChI is InChI=1S/C30H34Cl2N2O2/c1-3-5-18-33-30(36)28(4-2)34(21-24-16-17-25(31)19-27(24)32)29(35)20-26(22-12-8-6-9-13-22)23-14-10-7-11-15-23/h6-17,19,26,28H,3-5,18,20-21H2,1-2H3,(H,33,36). The largest absolute Gasteiger partial charge is 0.354 e. The summed E-state index contributed by atoms with van der Waals surface area (Å²) in [7, 11) is 0. The van der Waals surface area contributed by atoms with Crippen LogP contribution in [0.1, 0.15) is 62.1 Å². The molecule has 190 valence electrons. The molecule has 0 saturated heterocycles. The molecule has 0 aliphatic rings. The van der Waals surface area contributed by atoms with Gasteiger partial charge in [0.2, 0.25) is 11.8 Å². The number of amides is 2. The van der Waals surface area contributed by atoms with E-state index in [-0.39, 0.29) is 30.7 Å². The van der Waals surface area contributed by atoms with E-state index in [4.69, 9.17) is 23.2 Å². The van der Waals surface area contributed by atoms with Gasteiger partial charge < -0.3 is 10.2 Å². The van der Waals surface area contributed by atoms with E-state index < -0.39 is 6.04 Å². The van der Waals surface area contributed by atoms with Crippen LogP contribution in [0.3, 0.4) is 0 Å². The third-order valence-corrected chi connectivity index (χ3v) is 6.94. The molecule has 0 aromatic heterocycles. The summed E-state index contributed by atoms with van der Waals surface area (Å²) in [4.78, 5) is 28.9. The number of hydrogen-bond acceptors (Lipinski definition) is 2. The van der Waals surface area contributed by atoms with Gasteiger partial charge in [0.25, 0.3) is 0 Å². The first-order valence-corrected chi connectivity index (χ1v) is 13.3. The molecule has 0 radical (unpaired) electrons. The van der Waals surface area contributed by atoms with E-state index >= 15 is 0 Å². The Labute approximate surface area is 224 Å². The van der Waals surface area contributed by atoms with Crippen LogP contribution >= 0.6 is 23.2 Å². The summed E-state index contributed by atoms with van der Waals surface area (Å²) in [6.07, 6.45) is 2.60. The summed E-state index contributed by atoms with van der Waals surface area (Å²) in [5.74, 6) is -0.375. The first-order chi connectivity index (χ1) is 17.4. The fourth-order valence-corrected chi connectivity index (χ4v) is 4.82. The van der Waals surface area contributed by atoms with Gasteiger partial charge in [0, 0.05) is 35.5 Å². The molecular weight excluding hydrogens is 491 g/mol. The number of hydrogen-bond donors (Lipinski definition) is 1. The van der Waals surface area contributed by atoms with Gasteiger partial charge in [-0.25, -0.2) is 0 Å². The molecule has 3 aromatic rings. The van der Waals surface area contributed by atoms with E-state index in [1.807, 2.05) is 73.7 Å². The van der Waals surface area contributed by atoms with E-state index in [1.54, 1.807) is 17.0 Å². The van der Waals surface area contributed by atoms with E-state index in [0.29, 0.717) is 23.0 Å². The maximum atomic E-state index is 14.0. The highest BCUT2D eigenvalue weighted by atomic mass is 35.5. The lowest BCUT2D eigenvalue weighted by Gasteiger charge is -2.32. The maximum absolute atomic E-state index is 14.0. The van der Waals surface area contributed by atoms with Crippen molar-refractivity contribution in [1.82, 2.24) is 10.2 Å². The molecule has 1 N–H and O–H groups in total. The predicted octanol–water partition coefficient (Wildman–Crippen LogP) is 7.24. The van der Waals surface area contributed by atoms with E-state index in [0.717, 1.165) is 29.5 Å². The molecular formula is C30H34Cl2N2O2. The van der Waals surface area contributed by atoms with Gasteiger partial charge in [-0.2, -0.15) is 0 Å². The zero-order chi connectivity index (χ0) is 25.9. The van der Waals surface area contributed by atoms with Crippen molar-refractivity contribution in [2.75, 3.05) is 6.54 Å². The predicted molar refractivity (Wildman–Crippen MR) is 148 cm³/mol. The Morgan fingerprint density at radius 1 is 0.889 bits per heavy atom. The molecule has 0 aliphatic carbocycles. The first kappa shape index (κ1) is 27.8. The highest BCUT2D eigenvalue weighted by molar-refractivity contribution is 6.35. The number of nitrogens with zero attached hydrogens (tertiary/aromatic N) is 1. The van der Waals surface area contributed by atoms with Gasteiger partial charge in [0.05, 0.1) is 0 Å². The van der Waals surface area contributed by atoms with Crippen molar-refractivity contribution < 1.29 is 9.59 Å². The summed E-state index contributed by atoms with van der Waals surface area (Å²) in [6, 6.07) is 24.7. The summed E-state index contributed by atoms with van der Waals surface area (Å²) in [5.41, 5.74) is 2.87. The zero-order valence-electron chi connectivity index (χ0n) is 20.9. The number of carbonyl (C=O) groups excluding carboxylic acids is 2. The summed E-state index contributed by atoms with van der Waals surface area (Å²) in [6.45, 7) is 4.83. The van der Waals surface area contributed by atoms with Crippen molar-refractivity contribution in [1.29, 1.82) is 0 Å². The van der Waals surface area contributed by atoms with Gasteiger partial charge in [0.15, 0.2) is 0 Å². The van der Waals surface area contributed by atoms with E-state index in [9.17, 15) is 9.59 Å². The number of halogens is 2. The van der Waals surface area contributed by atoms with Crippen LogP contribution < -0.4 is 5.32 Å². The number of unbranched alkanes of at least 4 members (excludes halogenated alkanes) is 1. The molecule has 0 saturated carbocycles. The minimum absolute atomic E-state index is 0.101. The monoisotopic (exact) mass is 524 g/mol. The van der Waals surface area contributed by atoms with Crippen LogP contribution in [0, 0.1) is 0 Å². The van der Waals surface area contributed by atoms with Crippen LogP contribution in [-0.2, 0) is 16.1 Å². The van der Waals surface area contributed by atoms with Crippen LogP contribution in [0.25, 0.3) is 0 Å². The zero-order valence-corrected chi connectivity index (χ0v) is 22.4. The smallest absolute Gasteiger partial charge is 0.242 e. The molecule has 3 rings (SSSR count). The molecule has 0 fully saturated rings. The minimum atomic E-state index is -0.603. The molecule has 4 nitrogen and oxygen atoms in total. The molecule has 0 spiro atoms. The highest BCUT2D eigenvalue weighted by Gasteiger charge is 2.31. The minimum Gasteiger partial charge on any atom is -0.354 e. The number of nitrogens with one attached hydrogen (secondary N) is 1. The lowest BCUT2D eigenvalue weighted by molar-refractivity contribution is -0.141. The molecule has 2 amide bonds. The Morgan fingerprint density at radius 2 is 1.50 bits per heavy atom. The summed E-state index contributed by atoms with van der Waals surface area (Å²) in [5, 5.41) is 4.01. The number of benzene rings is 3. The molecule has 0 heterocycles. The Bertz CT molecular complexity index is 1080. The Morgan fingerprint density at radius 3 is 2.03 bits per heavy atom. The fourth-order valence-electron chi connectivity index (χ4n) is 4.35. The van der Waals surface area contributed by atoms with Gasteiger partial charge in [-0.3, -0.25) is 9.59 Å². The van der Waals surface area contributed by atoms with Crippen LogP contribution in [0.5, 0.6) is 0 Å². The van der Waals surface area contributed by atoms with Crippen LogP contribution in [-0.4, -0.2) is 29.3 Å². The van der Waals surface area contributed by atoms with Crippen molar-refractivity contribution >= 4 is 35.0 Å². The van der Waals surface area contributed by atoms with Crippen LogP contribution in [0.2, 0.25) is 10.0 Å². The maximum Gasteiger partial charge on any atom is 0.242 e. The molecule has 1 unspecified atom stereocenters.